The molecular weight excluding hydrogens is 214 g/mol. The Kier molecular flexibility index (Phi) is 6.37. The van der Waals surface area contributed by atoms with E-state index < -0.39 is 0 Å². The minimum Gasteiger partial charge on any atom is -0.489 e. The van der Waals surface area contributed by atoms with E-state index in [1.807, 2.05) is 24.3 Å². The molecule has 1 aromatic carbocycles. The van der Waals surface area contributed by atoms with E-state index in [0.29, 0.717) is 13.2 Å². The highest BCUT2D eigenvalue weighted by Gasteiger charge is 1.98. The Morgan fingerprint density at radius 1 is 1.41 bits per heavy atom. The van der Waals surface area contributed by atoms with Gasteiger partial charge >= 0.3 is 0 Å². The number of methoxy groups -OCH3 is 1. The van der Waals surface area contributed by atoms with Crippen LogP contribution < -0.4 is 10.1 Å². The molecule has 0 aromatic heterocycles. The fourth-order valence-corrected chi connectivity index (χ4v) is 1.43. The van der Waals surface area contributed by atoms with E-state index in [1.165, 1.54) is 0 Å². The third kappa shape index (κ3) is 5.52. The second-order valence-corrected chi connectivity index (χ2v) is 3.90. The fraction of sp³-hybridized carbons (Fsp3) is 0.429. The van der Waals surface area contributed by atoms with Crippen molar-refractivity contribution >= 4 is 0 Å². The average Bonchev–Trinajstić information content (AvgIpc) is 2.35. The zero-order valence-electron chi connectivity index (χ0n) is 10.7. The van der Waals surface area contributed by atoms with Gasteiger partial charge in [0.2, 0.25) is 0 Å². The van der Waals surface area contributed by atoms with Gasteiger partial charge in [-0.2, -0.15) is 0 Å². The Labute approximate surface area is 103 Å². The van der Waals surface area contributed by atoms with Gasteiger partial charge in [0.15, 0.2) is 0 Å². The second-order valence-electron chi connectivity index (χ2n) is 3.90. The summed E-state index contributed by atoms with van der Waals surface area (Å²) in [6.45, 7) is 8.92. The summed E-state index contributed by atoms with van der Waals surface area (Å²) in [6, 6.07) is 7.92. The number of nitrogens with one attached hydrogen (secondary N) is 1. The highest BCUT2D eigenvalue weighted by atomic mass is 16.5. The fourth-order valence-electron chi connectivity index (χ4n) is 1.43. The lowest BCUT2D eigenvalue weighted by Gasteiger charge is -2.10. The van der Waals surface area contributed by atoms with Gasteiger partial charge in [-0.15, -0.1) is 0 Å². The van der Waals surface area contributed by atoms with Crippen molar-refractivity contribution in [2.24, 2.45) is 0 Å². The van der Waals surface area contributed by atoms with Gasteiger partial charge in [0.05, 0.1) is 6.61 Å². The number of likely N-dealkylation sites (N-methyl/N-ethyl adjacent to an activating group) is 1. The zero-order chi connectivity index (χ0) is 12.5. The van der Waals surface area contributed by atoms with Gasteiger partial charge in [-0.3, -0.25) is 0 Å². The first-order valence-electron chi connectivity index (χ1n) is 5.84. The predicted molar refractivity (Wildman–Crippen MR) is 70.3 cm³/mol. The molecule has 0 unspecified atom stereocenters. The summed E-state index contributed by atoms with van der Waals surface area (Å²) < 4.78 is 10.7. The molecule has 3 heteroatoms. The van der Waals surface area contributed by atoms with Crippen LogP contribution in [0.1, 0.15) is 12.5 Å². The monoisotopic (exact) mass is 235 g/mol. The van der Waals surface area contributed by atoms with Crippen LogP contribution >= 0.6 is 0 Å². The molecule has 1 rings (SSSR count). The van der Waals surface area contributed by atoms with Crippen molar-refractivity contribution < 1.29 is 9.47 Å². The van der Waals surface area contributed by atoms with E-state index in [9.17, 15) is 0 Å². The third-order valence-corrected chi connectivity index (χ3v) is 2.28. The Hall–Kier alpha value is -1.32. The number of hydrogen-bond donors (Lipinski definition) is 1. The van der Waals surface area contributed by atoms with Crippen LogP contribution in [0.2, 0.25) is 0 Å². The van der Waals surface area contributed by atoms with Crippen molar-refractivity contribution in [3.63, 3.8) is 0 Å². The molecule has 0 saturated carbocycles. The van der Waals surface area contributed by atoms with Crippen LogP contribution in [0.25, 0.3) is 0 Å². The summed E-state index contributed by atoms with van der Waals surface area (Å²) in [7, 11) is 1.69. The molecule has 0 fully saturated rings. The molecule has 0 saturated heterocycles. The summed E-state index contributed by atoms with van der Waals surface area (Å²) in [6.07, 6.45) is 0. The van der Waals surface area contributed by atoms with Crippen LogP contribution in [0, 0.1) is 0 Å². The van der Waals surface area contributed by atoms with Crippen molar-refractivity contribution in [1.82, 2.24) is 5.32 Å². The first kappa shape index (κ1) is 13.7. The molecule has 1 N–H and O–H groups in total. The van der Waals surface area contributed by atoms with Crippen molar-refractivity contribution in [2.45, 2.75) is 13.5 Å². The number of benzene rings is 1. The van der Waals surface area contributed by atoms with Crippen LogP contribution in [-0.2, 0) is 11.3 Å². The minimum absolute atomic E-state index is 0.545. The van der Waals surface area contributed by atoms with Crippen LogP contribution in [-0.4, -0.2) is 26.8 Å². The van der Waals surface area contributed by atoms with E-state index in [1.54, 1.807) is 7.11 Å². The average molecular weight is 235 g/mol. The van der Waals surface area contributed by atoms with Gasteiger partial charge in [0, 0.05) is 13.7 Å². The zero-order valence-corrected chi connectivity index (χ0v) is 10.7. The van der Waals surface area contributed by atoms with Gasteiger partial charge in [-0.05, 0) is 29.8 Å². The molecule has 17 heavy (non-hydrogen) atoms. The lowest BCUT2D eigenvalue weighted by atomic mass is 10.2. The SMILES string of the molecule is C=C(CNCC)COc1cccc(COC)c1. The van der Waals surface area contributed by atoms with E-state index in [0.717, 1.165) is 30.0 Å². The summed E-state index contributed by atoms with van der Waals surface area (Å²) in [4.78, 5) is 0. The third-order valence-electron chi connectivity index (χ3n) is 2.28. The molecule has 0 amide bonds. The maximum Gasteiger partial charge on any atom is 0.120 e. The Morgan fingerprint density at radius 2 is 2.24 bits per heavy atom. The molecule has 0 aliphatic heterocycles. The predicted octanol–water partition coefficient (Wildman–Crippen LogP) is 2.38. The second kappa shape index (κ2) is 7.87. The molecule has 94 valence electrons. The molecule has 0 aliphatic rings. The van der Waals surface area contributed by atoms with Crippen molar-refractivity contribution in [2.75, 3.05) is 26.8 Å². The number of hydrogen-bond acceptors (Lipinski definition) is 3. The molecular formula is C14H21NO2. The van der Waals surface area contributed by atoms with Crippen LogP contribution in [0.15, 0.2) is 36.4 Å². The molecule has 3 nitrogen and oxygen atoms in total. The van der Waals surface area contributed by atoms with E-state index in [-0.39, 0.29) is 0 Å². The maximum absolute atomic E-state index is 5.66. The summed E-state index contributed by atoms with van der Waals surface area (Å²) in [5.74, 6) is 0.859. The summed E-state index contributed by atoms with van der Waals surface area (Å²) in [5, 5.41) is 3.22. The Bertz CT molecular complexity index is 350. The molecule has 0 heterocycles. The topological polar surface area (TPSA) is 30.5 Å². The van der Waals surface area contributed by atoms with E-state index in [2.05, 4.69) is 18.8 Å². The number of rotatable bonds is 8. The van der Waals surface area contributed by atoms with Crippen LogP contribution in [0.3, 0.4) is 0 Å². The molecule has 0 radical (unpaired) electrons. The highest BCUT2D eigenvalue weighted by Crippen LogP contribution is 2.14. The summed E-state index contributed by atoms with van der Waals surface area (Å²) >= 11 is 0. The quantitative estimate of drug-likeness (QED) is 0.702. The van der Waals surface area contributed by atoms with Crippen molar-refractivity contribution in [3.05, 3.63) is 42.0 Å². The standard InChI is InChI=1S/C14H21NO2/c1-4-15-9-12(2)10-17-14-7-5-6-13(8-14)11-16-3/h5-8,15H,2,4,9-11H2,1,3H3. The molecule has 0 spiro atoms. The molecule has 0 bridgehead atoms. The van der Waals surface area contributed by atoms with Crippen molar-refractivity contribution in [1.29, 1.82) is 0 Å². The first-order valence-corrected chi connectivity index (χ1v) is 5.84. The van der Waals surface area contributed by atoms with Gasteiger partial charge in [-0.1, -0.05) is 25.6 Å². The lowest BCUT2D eigenvalue weighted by Crippen LogP contribution is -2.18. The van der Waals surface area contributed by atoms with Gasteiger partial charge < -0.3 is 14.8 Å². The first-order chi connectivity index (χ1) is 8.26. The maximum atomic E-state index is 5.66. The van der Waals surface area contributed by atoms with E-state index in [4.69, 9.17) is 9.47 Å². The largest absolute Gasteiger partial charge is 0.489 e. The smallest absolute Gasteiger partial charge is 0.120 e. The molecule has 0 atom stereocenters. The van der Waals surface area contributed by atoms with E-state index >= 15 is 0 Å². The molecule has 1 aromatic rings. The number of ether oxygens (including phenoxy) is 2. The normalized spacial score (nSPS) is 10.2. The lowest BCUT2D eigenvalue weighted by molar-refractivity contribution is 0.184. The van der Waals surface area contributed by atoms with Gasteiger partial charge in [-0.25, -0.2) is 0 Å². The Morgan fingerprint density at radius 3 is 2.94 bits per heavy atom. The van der Waals surface area contributed by atoms with Gasteiger partial charge in [0.1, 0.15) is 12.4 Å². The highest BCUT2D eigenvalue weighted by molar-refractivity contribution is 5.28. The van der Waals surface area contributed by atoms with Gasteiger partial charge in [0.25, 0.3) is 0 Å². The molecule has 0 aliphatic carbocycles. The Balaban J connectivity index is 2.40. The minimum atomic E-state index is 0.545. The summed E-state index contributed by atoms with van der Waals surface area (Å²) in [5.41, 5.74) is 2.16. The van der Waals surface area contributed by atoms with Crippen LogP contribution in [0.5, 0.6) is 5.75 Å². The van der Waals surface area contributed by atoms with Crippen molar-refractivity contribution in [3.8, 4) is 5.75 Å². The van der Waals surface area contributed by atoms with Crippen LogP contribution in [0.4, 0.5) is 0 Å².